The molecule has 0 bridgehead atoms. The summed E-state index contributed by atoms with van der Waals surface area (Å²) in [6.45, 7) is 3.93. The van der Waals surface area contributed by atoms with Gasteiger partial charge in [-0.15, -0.1) is 0 Å². The molecule has 3 rings (SSSR count). The second-order valence-corrected chi connectivity index (χ2v) is 5.55. The Bertz CT molecular complexity index is 658. The summed E-state index contributed by atoms with van der Waals surface area (Å²) in [7, 11) is 0. The van der Waals surface area contributed by atoms with Gasteiger partial charge in [0.1, 0.15) is 18.2 Å². The van der Waals surface area contributed by atoms with E-state index in [1.165, 1.54) is 0 Å². The molecule has 0 radical (unpaired) electrons. The summed E-state index contributed by atoms with van der Waals surface area (Å²) in [5.74, 6) is 1.68. The van der Waals surface area contributed by atoms with Crippen molar-refractivity contribution in [1.82, 2.24) is 10.3 Å². The molecule has 7 nitrogen and oxygen atoms in total. The maximum Gasteiger partial charge on any atom is 0.319 e. The zero-order chi connectivity index (χ0) is 17.3. The number of morpholine rings is 1. The number of ether oxygens (including phenoxy) is 2. The average Bonchev–Trinajstić information content (AvgIpc) is 2.67. The number of aromatic nitrogens is 1. The summed E-state index contributed by atoms with van der Waals surface area (Å²) in [5.41, 5.74) is 0.651. The summed E-state index contributed by atoms with van der Waals surface area (Å²) in [6, 6.07) is 13.0. The Hall–Kier alpha value is -2.80. The van der Waals surface area contributed by atoms with Crippen LogP contribution >= 0.6 is 0 Å². The number of benzene rings is 1. The highest BCUT2D eigenvalue weighted by Crippen LogP contribution is 2.15. The Labute approximate surface area is 147 Å². The van der Waals surface area contributed by atoms with E-state index in [4.69, 9.17) is 9.47 Å². The first kappa shape index (κ1) is 17.0. The average molecular weight is 342 g/mol. The zero-order valence-electron chi connectivity index (χ0n) is 14.0. The van der Waals surface area contributed by atoms with Crippen molar-refractivity contribution in [3.63, 3.8) is 0 Å². The van der Waals surface area contributed by atoms with Crippen LogP contribution < -0.4 is 20.3 Å². The highest BCUT2D eigenvalue weighted by Gasteiger charge is 2.12. The van der Waals surface area contributed by atoms with Crippen molar-refractivity contribution in [2.75, 3.05) is 49.7 Å². The number of hydrogen-bond acceptors (Lipinski definition) is 5. The van der Waals surface area contributed by atoms with Crippen LogP contribution in [0.25, 0.3) is 0 Å². The normalized spacial score (nSPS) is 14.0. The van der Waals surface area contributed by atoms with E-state index in [1.54, 1.807) is 6.20 Å². The fraction of sp³-hybridized carbons (Fsp3) is 0.333. The van der Waals surface area contributed by atoms with Crippen LogP contribution in [-0.2, 0) is 4.74 Å². The van der Waals surface area contributed by atoms with Gasteiger partial charge in [-0.1, -0.05) is 18.2 Å². The molecule has 0 unspecified atom stereocenters. The van der Waals surface area contributed by atoms with Crippen molar-refractivity contribution >= 4 is 17.5 Å². The molecule has 0 aliphatic carbocycles. The molecule has 1 aromatic carbocycles. The molecule has 2 N–H and O–H groups in total. The van der Waals surface area contributed by atoms with Gasteiger partial charge in [-0.25, -0.2) is 9.78 Å². The maximum absolute atomic E-state index is 11.9. The molecule has 0 saturated carbocycles. The Morgan fingerprint density at radius 1 is 1.16 bits per heavy atom. The molecule has 2 heterocycles. The lowest BCUT2D eigenvalue weighted by Gasteiger charge is -2.27. The second-order valence-electron chi connectivity index (χ2n) is 5.55. The molecule has 1 aliphatic heterocycles. The minimum Gasteiger partial charge on any atom is -0.492 e. The predicted octanol–water partition coefficient (Wildman–Crippen LogP) is 2.12. The van der Waals surface area contributed by atoms with E-state index in [1.807, 2.05) is 42.5 Å². The van der Waals surface area contributed by atoms with Gasteiger partial charge in [0.25, 0.3) is 0 Å². The van der Waals surface area contributed by atoms with Gasteiger partial charge >= 0.3 is 6.03 Å². The zero-order valence-corrected chi connectivity index (χ0v) is 14.0. The Kier molecular flexibility index (Phi) is 6.06. The highest BCUT2D eigenvalue weighted by atomic mass is 16.5. The summed E-state index contributed by atoms with van der Waals surface area (Å²) in [5, 5.41) is 5.51. The standard InChI is InChI=1S/C18H22N4O3/c23-18(19-8-11-25-16-4-2-1-3-5-16)21-15-6-7-17(20-14-15)22-9-12-24-13-10-22/h1-7,14H,8-13H2,(H2,19,21,23). The summed E-state index contributed by atoms with van der Waals surface area (Å²) >= 11 is 0. The van der Waals surface area contributed by atoms with Crippen molar-refractivity contribution in [3.05, 3.63) is 48.7 Å². The number of carbonyl (C=O) groups excluding carboxylic acids is 1. The van der Waals surface area contributed by atoms with Crippen LogP contribution in [-0.4, -0.2) is 50.5 Å². The molecule has 1 saturated heterocycles. The van der Waals surface area contributed by atoms with Crippen molar-refractivity contribution < 1.29 is 14.3 Å². The molecule has 1 fully saturated rings. The van der Waals surface area contributed by atoms with E-state index in [2.05, 4.69) is 20.5 Å². The van der Waals surface area contributed by atoms with E-state index in [0.29, 0.717) is 18.8 Å². The number of para-hydroxylation sites is 1. The Balaban J connectivity index is 1.38. The molecule has 1 aliphatic rings. The number of anilines is 2. The molecule has 1 aromatic heterocycles. The fourth-order valence-corrected chi connectivity index (χ4v) is 2.46. The second kappa shape index (κ2) is 8.89. The van der Waals surface area contributed by atoms with E-state index >= 15 is 0 Å². The summed E-state index contributed by atoms with van der Waals surface area (Å²) < 4.78 is 10.8. The minimum atomic E-state index is -0.280. The van der Waals surface area contributed by atoms with Crippen LogP contribution in [0.5, 0.6) is 5.75 Å². The number of rotatable bonds is 6. The van der Waals surface area contributed by atoms with Crippen molar-refractivity contribution in [1.29, 1.82) is 0 Å². The summed E-state index contributed by atoms with van der Waals surface area (Å²) in [4.78, 5) is 18.4. The largest absolute Gasteiger partial charge is 0.492 e. The Morgan fingerprint density at radius 3 is 2.68 bits per heavy atom. The number of urea groups is 1. The molecule has 7 heteroatoms. The van der Waals surface area contributed by atoms with Gasteiger partial charge in [-0.05, 0) is 24.3 Å². The number of hydrogen-bond donors (Lipinski definition) is 2. The number of amides is 2. The molecular weight excluding hydrogens is 320 g/mol. The van der Waals surface area contributed by atoms with Gasteiger partial charge in [0.15, 0.2) is 0 Å². The van der Waals surface area contributed by atoms with E-state index in [9.17, 15) is 4.79 Å². The van der Waals surface area contributed by atoms with Crippen LogP contribution in [0, 0.1) is 0 Å². The van der Waals surface area contributed by atoms with Gasteiger partial charge < -0.3 is 25.0 Å². The molecule has 2 amide bonds. The first-order chi connectivity index (χ1) is 12.3. The molecule has 0 spiro atoms. The van der Waals surface area contributed by atoms with Crippen LogP contribution in [0.1, 0.15) is 0 Å². The highest BCUT2D eigenvalue weighted by molar-refractivity contribution is 5.89. The lowest BCUT2D eigenvalue weighted by Crippen LogP contribution is -2.36. The van der Waals surface area contributed by atoms with Crippen molar-refractivity contribution in [2.24, 2.45) is 0 Å². The van der Waals surface area contributed by atoms with Crippen LogP contribution in [0.15, 0.2) is 48.7 Å². The van der Waals surface area contributed by atoms with E-state index in [-0.39, 0.29) is 6.03 Å². The van der Waals surface area contributed by atoms with E-state index < -0.39 is 0 Å². The number of nitrogens with one attached hydrogen (secondary N) is 2. The lowest BCUT2D eigenvalue weighted by molar-refractivity contribution is 0.122. The lowest BCUT2D eigenvalue weighted by atomic mass is 10.3. The number of nitrogens with zero attached hydrogens (tertiary/aromatic N) is 2. The third-order valence-electron chi connectivity index (χ3n) is 3.74. The topological polar surface area (TPSA) is 75.7 Å². The number of carbonyl (C=O) groups is 1. The first-order valence-electron chi connectivity index (χ1n) is 8.33. The maximum atomic E-state index is 11.9. The van der Waals surface area contributed by atoms with Crippen LogP contribution in [0.4, 0.5) is 16.3 Å². The molecular formula is C18H22N4O3. The van der Waals surface area contributed by atoms with Gasteiger partial charge in [0.2, 0.25) is 0 Å². The van der Waals surface area contributed by atoms with Crippen LogP contribution in [0.3, 0.4) is 0 Å². The predicted molar refractivity (Wildman–Crippen MR) is 96.2 cm³/mol. The molecule has 0 atom stereocenters. The minimum absolute atomic E-state index is 0.280. The van der Waals surface area contributed by atoms with Crippen molar-refractivity contribution in [2.45, 2.75) is 0 Å². The van der Waals surface area contributed by atoms with Gasteiger partial charge in [-0.3, -0.25) is 0 Å². The smallest absolute Gasteiger partial charge is 0.319 e. The van der Waals surface area contributed by atoms with Crippen LogP contribution in [0.2, 0.25) is 0 Å². The quantitative estimate of drug-likeness (QED) is 0.787. The Morgan fingerprint density at radius 2 is 1.96 bits per heavy atom. The molecule has 132 valence electrons. The van der Waals surface area contributed by atoms with Gasteiger partial charge in [-0.2, -0.15) is 0 Å². The fourth-order valence-electron chi connectivity index (χ4n) is 2.46. The SMILES string of the molecule is O=C(NCCOc1ccccc1)Nc1ccc(N2CCOCC2)nc1. The monoisotopic (exact) mass is 342 g/mol. The molecule has 25 heavy (non-hydrogen) atoms. The van der Waals surface area contributed by atoms with Crippen molar-refractivity contribution in [3.8, 4) is 5.75 Å². The first-order valence-corrected chi connectivity index (χ1v) is 8.33. The van der Waals surface area contributed by atoms with Gasteiger partial charge in [0, 0.05) is 13.1 Å². The van der Waals surface area contributed by atoms with E-state index in [0.717, 1.165) is 37.9 Å². The van der Waals surface area contributed by atoms with Gasteiger partial charge in [0.05, 0.1) is 31.6 Å². The number of pyridine rings is 1. The third-order valence-corrected chi connectivity index (χ3v) is 3.74. The molecule has 2 aromatic rings. The third kappa shape index (κ3) is 5.36. The summed E-state index contributed by atoms with van der Waals surface area (Å²) in [6.07, 6.45) is 1.66.